The van der Waals surface area contributed by atoms with E-state index in [1.165, 1.54) is 5.69 Å². The number of nitrogens with zero attached hydrogens (tertiary/aromatic N) is 3. The summed E-state index contributed by atoms with van der Waals surface area (Å²) in [5.41, 5.74) is 1.97. The molecule has 0 bridgehead atoms. The molecule has 0 aliphatic carbocycles. The van der Waals surface area contributed by atoms with E-state index in [0.29, 0.717) is 6.04 Å². The van der Waals surface area contributed by atoms with Crippen molar-refractivity contribution in [2.75, 3.05) is 57.4 Å². The van der Waals surface area contributed by atoms with Crippen LogP contribution in [0.4, 0.5) is 5.69 Å². The minimum absolute atomic E-state index is 0. The summed E-state index contributed by atoms with van der Waals surface area (Å²) in [6.07, 6.45) is 1.05. The van der Waals surface area contributed by atoms with E-state index in [1.54, 1.807) is 0 Å². The van der Waals surface area contributed by atoms with E-state index in [1.807, 2.05) is 17.0 Å². The SMILES string of the molecule is CC(C)N1CCCN(C(=O)c2ccc(N3CCOCC3)cc2)CC1.Cl. The van der Waals surface area contributed by atoms with Gasteiger partial charge in [0.1, 0.15) is 0 Å². The third kappa shape index (κ3) is 5.09. The van der Waals surface area contributed by atoms with Gasteiger partial charge >= 0.3 is 0 Å². The molecule has 1 aromatic rings. The van der Waals surface area contributed by atoms with E-state index in [-0.39, 0.29) is 18.3 Å². The topological polar surface area (TPSA) is 36.0 Å². The van der Waals surface area contributed by atoms with Crippen molar-refractivity contribution in [1.29, 1.82) is 0 Å². The Balaban J connectivity index is 0.00000225. The van der Waals surface area contributed by atoms with Gasteiger partial charge in [0.05, 0.1) is 13.2 Å². The maximum atomic E-state index is 12.8. The van der Waals surface area contributed by atoms with E-state index >= 15 is 0 Å². The van der Waals surface area contributed by atoms with Crippen molar-refractivity contribution in [2.24, 2.45) is 0 Å². The smallest absolute Gasteiger partial charge is 0.253 e. The third-order valence-corrected chi connectivity index (χ3v) is 5.04. The van der Waals surface area contributed by atoms with Crippen molar-refractivity contribution >= 4 is 24.0 Å². The van der Waals surface area contributed by atoms with Gasteiger partial charge in [-0.1, -0.05) is 0 Å². The Bertz CT molecular complexity index is 544. The fourth-order valence-electron chi connectivity index (χ4n) is 3.48. The van der Waals surface area contributed by atoms with Crippen LogP contribution >= 0.6 is 12.4 Å². The molecule has 1 amide bonds. The second-order valence-corrected chi connectivity index (χ2v) is 6.92. The Labute approximate surface area is 157 Å². The van der Waals surface area contributed by atoms with E-state index < -0.39 is 0 Å². The lowest BCUT2D eigenvalue weighted by Crippen LogP contribution is -2.37. The van der Waals surface area contributed by atoms with Crippen LogP contribution in [0.2, 0.25) is 0 Å². The number of halogens is 1. The summed E-state index contributed by atoms with van der Waals surface area (Å²) >= 11 is 0. The quantitative estimate of drug-likeness (QED) is 0.822. The number of rotatable bonds is 3. The van der Waals surface area contributed by atoms with Crippen molar-refractivity contribution in [2.45, 2.75) is 26.3 Å². The molecule has 2 aliphatic heterocycles. The van der Waals surface area contributed by atoms with E-state index in [2.05, 4.69) is 35.8 Å². The summed E-state index contributed by atoms with van der Waals surface area (Å²) in [6, 6.07) is 8.62. The van der Waals surface area contributed by atoms with Crippen LogP contribution in [-0.2, 0) is 4.74 Å². The molecule has 3 rings (SSSR count). The Morgan fingerprint density at radius 3 is 2.28 bits per heavy atom. The Hall–Kier alpha value is -1.30. The van der Waals surface area contributed by atoms with Crippen molar-refractivity contribution < 1.29 is 9.53 Å². The predicted octanol–water partition coefficient (Wildman–Crippen LogP) is 2.50. The molecule has 0 N–H and O–H groups in total. The highest BCUT2D eigenvalue weighted by Gasteiger charge is 2.21. The zero-order valence-corrected chi connectivity index (χ0v) is 16.1. The largest absolute Gasteiger partial charge is 0.378 e. The zero-order valence-electron chi connectivity index (χ0n) is 15.3. The van der Waals surface area contributed by atoms with E-state index in [0.717, 1.165) is 64.5 Å². The monoisotopic (exact) mass is 367 g/mol. The molecule has 2 fully saturated rings. The van der Waals surface area contributed by atoms with Crippen LogP contribution < -0.4 is 4.90 Å². The van der Waals surface area contributed by atoms with Crippen LogP contribution in [0.25, 0.3) is 0 Å². The maximum Gasteiger partial charge on any atom is 0.253 e. The normalized spacial score (nSPS) is 19.5. The number of carbonyl (C=O) groups is 1. The van der Waals surface area contributed by atoms with E-state index in [4.69, 9.17) is 4.74 Å². The second-order valence-electron chi connectivity index (χ2n) is 6.92. The molecule has 25 heavy (non-hydrogen) atoms. The number of amides is 1. The molecular weight excluding hydrogens is 338 g/mol. The van der Waals surface area contributed by atoms with Crippen LogP contribution in [-0.4, -0.2) is 74.2 Å². The first-order valence-corrected chi connectivity index (χ1v) is 9.11. The lowest BCUT2D eigenvalue weighted by Gasteiger charge is -2.29. The Morgan fingerprint density at radius 1 is 0.960 bits per heavy atom. The number of benzene rings is 1. The van der Waals surface area contributed by atoms with Crippen molar-refractivity contribution in [1.82, 2.24) is 9.80 Å². The second kappa shape index (κ2) is 9.41. The van der Waals surface area contributed by atoms with Crippen molar-refractivity contribution in [3.8, 4) is 0 Å². The van der Waals surface area contributed by atoms with Gasteiger partial charge in [0.2, 0.25) is 0 Å². The van der Waals surface area contributed by atoms with Crippen molar-refractivity contribution in [3.63, 3.8) is 0 Å². The first kappa shape index (κ1) is 20.0. The maximum absolute atomic E-state index is 12.8. The summed E-state index contributed by atoms with van der Waals surface area (Å²) in [7, 11) is 0. The molecule has 6 heteroatoms. The first-order valence-electron chi connectivity index (χ1n) is 9.11. The average molecular weight is 368 g/mol. The van der Waals surface area contributed by atoms with Gasteiger partial charge in [-0.2, -0.15) is 0 Å². The number of morpholine rings is 1. The fourth-order valence-corrected chi connectivity index (χ4v) is 3.48. The lowest BCUT2D eigenvalue weighted by atomic mass is 10.1. The van der Waals surface area contributed by atoms with Gasteiger partial charge in [0, 0.05) is 56.6 Å². The predicted molar refractivity (Wildman–Crippen MR) is 104 cm³/mol. The van der Waals surface area contributed by atoms with Gasteiger partial charge < -0.3 is 14.5 Å². The van der Waals surface area contributed by atoms with E-state index in [9.17, 15) is 4.79 Å². The molecule has 2 aliphatic rings. The lowest BCUT2D eigenvalue weighted by molar-refractivity contribution is 0.0759. The minimum atomic E-state index is 0. The van der Waals surface area contributed by atoms with Gasteiger partial charge in [0.25, 0.3) is 5.91 Å². The van der Waals surface area contributed by atoms with Crippen molar-refractivity contribution in [3.05, 3.63) is 29.8 Å². The number of hydrogen-bond acceptors (Lipinski definition) is 4. The number of hydrogen-bond donors (Lipinski definition) is 0. The highest BCUT2D eigenvalue weighted by Crippen LogP contribution is 2.18. The summed E-state index contributed by atoms with van der Waals surface area (Å²) in [5.74, 6) is 0.161. The first-order chi connectivity index (χ1) is 11.6. The van der Waals surface area contributed by atoms with Gasteiger partial charge in [0.15, 0.2) is 0 Å². The molecule has 0 aromatic heterocycles. The van der Waals surface area contributed by atoms with Gasteiger partial charge in [-0.25, -0.2) is 0 Å². The Morgan fingerprint density at radius 2 is 1.64 bits per heavy atom. The highest BCUT2D eigenvalue weighted by molar-refractivity contribution is 5.94. The molecular formula is C19H30ClN3O2. The average Bonchev–Trinajstić information content (AvgIpc) is 2.88. The van der Waals surface area contributed by atoms with Gasteiger partial charge in [-0.15, -0.1) is 12.4 Å². The molecule has 0 atom stereocenters. The summed E-state index contributed by atoms with van der Waals surface area (Å²) in [6.45, 7) is 11.6. The summed E-state index contributed by atoms with van der Waals surface area (Å²) in [5, 5.41) is 0. The fraction of sp³-hybridized carbons (Fsp3) is 0.632. The number of carbonyl (C=O) groups excluding carboxylic acids is 1. The molecule has 140 valence electrons. The molecule has 2 heterocycles. The number of anilines is 1. The molecule has 0 unspecified atom stereocenters. The summed E-state index contributed by atoms with van der Waals surface area (Å²) < 4.78 is 5.39. The van der Waals surface area contributed by atoms with Crippen LogP contribution in [0, 0.1) is 0 Å². The van der Waals surface area contributed by atoms with Gasteiger partial charge in [-0.3, -0.25) is 9.69 Å². The molecule has 0 spiro atoms. The van der Waals surface area contributed by atoms with Crippen LogP contribution in [0.3, 0.4) is 0 Å². The summed E-state index contributed by atoms with van der Waals surface area (Å²) in [4.78, 5) is 19.6. The molecule has 1 aromatic carbocycles. The van der Waals surface area contributed by atoms with Crippen LogP contribution in [0.5, 0.6) is 0 Å². The highest BCUT2D eigenvalue weighted by atomic mass is 35.5. The molecule has 0 saturated carbocycles. The van der Waals surface area contributed by atoms with Gasteiger partial charge in [-0.05, 0) is 44.5 Å². The number of ether oxygens (including phenoxy) is 1. The minimum Gasteiger partial charge on any atom is -0.378 e. The van der Waals surface area contributed by atoms with Crippen LogP contribution in [0.1, 0.15) is 30.6 Å². The molecule has 0 radical (unpaired) electrons. The Kier molecular flexibility index (Phi) is 7.54. The molecule has 5 nitrogen and oxygen atoms in total. The zero-order chi connectivity index (χ0) is 16.9. The third-order valence-electron chi connectivity index (χ3n) is 5.04. The standard InChI is InChI=1S/C19H29N3O2.ClH/c1-16(2)20-8-3-9-22(11-10-20)19(23)17-4-6-18(7-5-17)21-12-14-24-15-13-21;/h4-7,16H,3,8-15H2,1-2H3;1H. The van der Waals surface area contributed by atoms with Crippen LogP contribution in [0.15, 0.2) is 24.3 Å². The molecule has 2 saturated heterocycles.